The molecule has 3 aromatic rings. The summed E-state index contributed by atoms with van der Waals surface area (Å²) in [4.78, 5) is 31.7. The fourth-order valence-electron chi connectivity index (χ4n) is 2.90. The van der Waals surface area contributed by atoms with E-state index in [0.717, 1.165) is 22.2 Å². The first kappa shape index (κ1) is 18.7. The van der Waals surface area contributed by atoms with Gasteiger partial charge in [0.25, 0.3) is 5.91 Å². The molecular weight excluding hydrogens is 390 g/mol. The Morgan fingerprint density at radius 3 is 2.66 bits per heavy atom. The van der Waals surface area contributed by atoms with E-state index in [-0.39, 0.29) is 10.8 Å². The number of hydrogen-bond donors (Lipinski definition) is 2. The fourth-order valence-corrected chi connectivity index (χ4v) is 3.64. The van der Waals surface area contributed by atoms with Gasteiger partial charge in [-0.05, 0) is 36.4 Å². The minimum Gasteiger partial charge on any atom is -0.497 e. The van der Waals surface area contributed by atoms with Crippen LogP contribution in [0.25, 0.3) is 12.2 Å². The zero-order chi connectivity index (χ0) is 20.4. The predicted octanol–water partition coefficient (Wildman–Crippen LogP) is 2.22. The van der Waals surface area contributed by atoms with Crippen molar-refractivity contribution in [3.63, 3.8) is 0 Å². The first-order valence-corrected chi connectivity index (χ1v) is 9.52. The van der Waals surface area contributed by atoms with E-state index in [1.165, 1.54) is 0 Å². The second kappa shape index (κ2) is 7.76. The molecule has 0 aliphatic carbocycles. The average molecular weight is 407 g/mol. The SMILES string of the molecule is COc1cccc(Nc2[nH]c(=O)sc2C=C2C=c3ccc(OC)cc3=NC2=O)c1. The number of H-pyrrole nitrogens is 1. The summed E-state index contributed by atoms with van der Waals surface area (Å²) in [7, 11) is 3.15. The second-order valence-corrected chi connectivity index (χ2v) is 7.21. The maximum Gasteiger partial charge on any atom is 0.306 e. The van der Waals surface area contributed by atoms with Gasteiger partial charge in [-0.2, -0.15) is 0 Å². The summed E-state index contributed by atoms with van der Waals surface area (Å²) in [6.45, 7) is 0. The van der Waals surface area contributed by atoms with Crippen LogP contribution in [0.15, 0.2) is 57.8 Å². The minimum absolute atomic E-state index is 0.229. The Morgan fingerprint density at radius 2 is 1.86 bits per heavy atom. The summed E-state index contributed by atoms with van der Waals surface area (Å²) in [6, 6.07) is 12.7. The van der Waals surface area contributed by atoms with E-state index in [2.05, 4.69) is 15.3 Å². The van der Waals surface area contributed by atoms with Crippen LogP contribution in [0, 0.1) is 0 Å². The normalized spacial score (nSPS) is 14.0. The molecule has 2 N–H and O–H groups in total. The van der Waals surface area contributed by atoms with Crippen LogP contribution in [0.4, 0.5) is 11.5 Å². The number of ether oxygens (including phenoxy) is 2. The van der Waals surface area contributed by atoms with Crippen LogP contribution in [0.3, 0.4) is 0 Å². The van der Waals surface area contributed by atoms with Crippen molar-refractivity contribution in [2.24, 2.45) is 4.99 Å². The predicted molar refractivity (Wildman–Crippen MR) is 112 cm³/mol. The molecule has 1 aliphatic heterocycles. The Balaban J connectivity index is 1.72. The summed E-state index contributed by atoms with van der Waals surface area (Å²) >= 11 is 1.01. The molecule has 0 atom stereocenters. The van der Waals surface area contributed by atoms with Gasteiger partial charge in [0, 0.05) is 28.6 Å². The molecule has 0 saturated heterocycles. The molecule has 7 nitrogen and oxygen atoms in total. The van der Waals surface area contributed by atoms with Gasteiger partial charge < -0.3 is 14.8 Å². The minimum atomic E-state index is -0.376. The van der Waals surface area contributed by atoms with Crippen LogP contribution in [-0.4, -0.2) is 25.1 Å². The van der Waals surface area contributed by atoms with E-state index < -0.39 is 0 Å². The number of benzene rings is 2. The summed E-state index contributed by atoms with van der Waals surface area (Å²) in [5.74, 6) is 1.45. The van der Waals surface area contributed by atoms with Crippen molar-refractivity contribution < 1.29 is 14.3 Å². The van der Waals surface area contributed by atoms with Crippen LogP contribution in [-0.2, 0) is 4.79 Å². The maximum atomic E-state index is 12.5. The third-order valence-corrected chi connectivity index (χ3v) is 5.15. The largest absolute Gasteiger partial charge is 0.497 e. The number of hydrogen-bond acceptors (Lipinski definition) is 6. The number of aromatic nitrogens is 1. The molecular formula is C21H17N3O4S. The van der Waals surface area contributed by atoms with E-state index >= 15 is 0 Å². The van der Waals surface area contributed by atoms with Gasteiger partial charge in [0.1, 0.15) is 17.3 Å². The van der Waals surface area contributed by atoms with Crippen molar-refractivity contribution in [2.45, 2.75) is 0 Å². The summed E-state index contributed by atoms with van der Waals surface area (Å²) < 4.78 is 10.4. The highest BCUT2D eigenvalue weighted by atomic mass is 32.1. The van der Waals surface area contributed by atoms with Gasteiger partial charge in [-0.1, -0.05) is 17.4 Å². The summed E-state index contributed by atoms with van der Waals surface area (Å²) in [6.07, 6.45) is 3.41. The highest BCUT2D eigenvalue weighted by molar-refractivity contribution is 7.10. The molecule has 8 heteroatoms. The number of aromatic amines is 1. The van der Waals surface area contributed by atoms with E-state index in [1.807, 2.05) is 36.4 Å². The number of methoxy groups -OCH3 is 2. The number of thiazole rings is 1. The summed E-state index contributed by atoms with van der Waals surface area (Å²) in [5, 5.41) is 4.53. The lowest BCUT2D eigenvalue weighted by Crippen LogP contribution is -2.30. The van der Waals surface area contributed by atoms with Gasteiger partial charge in [-0.15, -0.1) is 0 Å². The van der Waals surface area contributed by atoms with E-state index in [9.17, 15) is 9.59 Å². The van der Waals surface area contributed by atoms with Gasteiger partial charge in [-0.25, -0.2) is 4.99 Å². The molecule has 29 heavy (non-hydrogen) atoms. The van der Waals surface area contributed by atoms with Gasteiger partial charge in [-0.3, -0.25) is 14.6 Å². The monoisotopic (exact) mass is 407 g/mol. The number of amides is 1. The molecule has 0 spiro atoms. The number of rotatable bonds is 5. The van der Waals surface area contributed by atoms with Crippen molar-refractivity contribution in [1.29, 1.82) is 0 Å². The van der Waals surface area contributed by atoms with Crippen LogP contribution in [0.5, 0.6) is 11.5 Å². The van der Waals surface area contributed by atoms with E-state index in [0.29, 0.717) is 33.1 Å². The number of nitrogens with one attached hydrogen (secondary N) is 2. The number of anilines is 2. The number of nitrogens with zero attached hydrogens (tertiary/aromatic N) is 1. The molecule has 0 bridgehead atoms. The van der Waals surface area contributed by atoms with Crippen molar-refractivity contribution >= 4 is 40.9 Å². The lowest BCUT2D eigenvalue weighted by atomic mass is 10.1. The maximum absolute atomic E-state index is 12.5. The topological polar surface area (TPSA) is 92.8 Å². The number of carbonyl (C=O) groups is 1. The molecule has 1 aromatic heterocycles. The Labute approximate surface area is 169 Å². The molecule has 2 aromatic carbocycles. The first-order valence-electron chi connectivity index (χ1n) is 8.70. The van der Waals surface area contributed by atoms with Gasteiger partial charge >= 0.3 is 4.87 Å². The molecule has 0 saturated carbocycles. The standard InChI is InChI=1S/C21H17N3O4S/c1-27-15-5-3-4-14(10-15)22-19-18(29-21(26)24-19)9-13-8-12-6-7-16(28-2)11-17(12)23-20(13)25/h3-11,22H,1-2H3,(H,24,26). The van der Waals surface area contributed by atoms with Gasteiger partial charge in [0.05, 0.1) is 24.5 Å². The highest BCUT2D eigenvalue weighted by Gasteiger charge is 2.14. The van der Waals surface area contributed by atoms with Crippen LogP contribution < -0.4 is 30.2 Å². The molecule has 0 unspecified atom stereocenters. The van der Waals surface area contributed by atoms with Crippen molar-refractivity contribution in [1.82, 2.24) is 4.98 Å². The summed E-state index contributed by atoms with van der Waals surface area (Å²) in [5.41, 5.74) is 1.14. The Kier molecular flexibility index (Phi) is 5.01. The molecule has 1 amide bonds. The zero-order valence-electron chi connectivity index (χ0n) is 15.7. The number of fused-ring (bicyclic) bond motifs is 1. The van der Waals surface area contributed by atoms with Gasteiger partial charge in [0.15, 0.2) is 0 Å². The van der Waals surface area contributed by atoms with E-state index in [4.69, 9.17) is 9.47 Å². The molecule has 2 heterocycles. The van der Waals surface area contributed by atoms with Crippen molar-refractivity contribution in [3.8, 4) is 11.5 Å². The average Bonchev–Trinajstić information content (AvgIpc) is 3.06. The lowest BCUT2D eigenvalue weighted by Gasteiger charge is -2.08. The molecule has 146 valence electrons. The molecule has 4 rings (SSSR count). The van der Waals surface area contributed by atoms with Crippen LogP contribution >= 0.6 is 11.3 Å². The quantitative estimate of drug-likeness (QED) is 0.633. The molecule has 0 radical (unpaired) electrons. The van der Waals surface area contributed by atoms with Crippen LogP contribution in [0.1, 0.15) is 4.88 Å². The molecule has 0 fully saturated rings. The second-order valence-electron chi connectivity index (χ2n) is 6.20. The highest BCUT2D eigenvalue weighted by Crippen LogP contribution is 2.26. The van der Waals surface area contributed by atoms with Crippen molar-refractivity contribution in [2.75, 3.05) is 19.5 Å². The van der Waals surface area contributed by atoms with Gasteiger partial charge in [0.2, 0.25) is 0 Å². The third kappa shape index (κ3) is 3.97. The van der Waals surface area contributed by atoms with Crippen molar-refractivity contribution in [3.05, 3.63) is 73.2 Å². The fraction of sp³-hybridized carbons (Fsp3) is 0.0952. The van der Waals surface area contributed by atoms with E-state index in [1.54, 1.807) is 32.4 Å². The third-order valence-electron chi connectivity index (χ3n) is 4.32. The Bertz CT molecular complexity index is 1300. The first-order chi connectivity index (χ1) is 14.1. The number of carbonyl (C=O) groups excluding carboxylic acids is 1. The lowest BCUT2D eigenvalue weighted by molar-refractivity contribution is -0.114. The zero-order valence-corrected chi connectivity index (χ0v) is 16.5. The smallest absolute Gasteiger partial charge is 0.306 e. The Hall–Kier alpha value is -3.65. The molecule has 1 aliphatic rings. The van der Waals surface area contributed by atoms with Crippen LogP contribution in [0.2, 0.25) is 0 Å². The Morgan fingerprint density at radius 1 is 1.07 bits per heavy atom.